The van der Waals surface area contributed by atoms with E-state index in [2.05, 4.69) is 15.5 Å². The van der Waals surface area contributed by atoms with Gasteiger partial charge in [-0.25, -0.2) is 9.18 Å². The van der Waals surface area contributed by atoms with Crippen molar-refractivity contribution in [3.05, 3.63) is 90.2 Å². The van der Waals surface area contributed by atoms with Gasteiger partial charge in [0.25, 0.3) is 0 Å². The van der Waals surface area contributed by atoms with Crippen molar-refractivity contribution >= 4 is 29.3 Å². The van der Waals surface area contributed by atoms with Crippen molar-refractivity contribution in [1.29, 1.82) is 0 Å². The van der Waals surface area contributed by atoms with E-state index in [9.17, 15) is 14.0 Å². The van der Waals surface area contributed by atoms with Crippen LogP contribution in [0.4, 0.5) is 10.1 Å². The van der Waals surface area contributed by atoms with Crippen LogP contribution in [-0.4, -0.2) is 37.5 Å². The van der Waals surface area contributed by atoms with E-state index in [0.717, 1.165) is 17.4 Å². The summed E-state index contributed by atoms with van der Waals surface area (Å²) in [6, 6.07) is 21.5. The number of carboxylic acid groups (broad SMARTS) is 1. The zero-order valence-electron chi connectivity index (χ0n) is 16.6. The molecule has 0 aliphatic carbocycles. The minimum Gasteiger partial charge on any atom is -0.478 e. The lowest BCUT2D eigenvalue weighted by molar-refractivity contribution is -0.113. The molecule has 0 fully saturated rings. The van der Waals surface area contributed by atoms with Crippen LogP contribution >= 0.6 is 11.8 Å². The highest BCUT2D eigenvalue weighted by Gasteiger charge is 2.19. The fourth-order valence-electron chi connectivity index (χ4n) is 3.05. The van der Waals surface area contributed by atoms with Crippen LogP contribution in [0.25, 0.3) is 17.1 Å². The van der Waals surface area contributed by atoms with E-state index in [1.165, 1.54) is 18.2 Å². The molecule has 7 nitrogen and oxygen atoms in total. The summed E-state index contributed by atoms with van der Waals surface area (Å²) in [6.45, 7) is 0. The molecule has 9 heteroatoms. The molecule has 1 heterocycles. The molecule has 2 N–H and O–H groups in total. The number of carbonyl (C=O) groups is 2. The quantitative estimate of drug-likeness (QED) is 0.404. The molecular weight excluding hydrogens is 431 g/mol. The molecule has 0 saturated carbocycles. The van der Waals surface area contributed by atoms with Gasteiger partial charge in [0.05, 0.1) is 16.9 Å². The Bertz CT molecular complexity index is 1280. The summed E-state index contributed by atoms with van der Waals surface area (Å²) in [5.74, 6) is -1.52. The largest absolute Gasteiger partial charge is 0.478 e. The van der Waals surface area contributed by atoms with Gasteiger partial charge in [-0.05, 0) is 42.5 Å². The Morgan fingerprint density at radius 2 is 1.72 bits per heavy atom. The van der Waals surface area contributed by atoms with E-state index in [1.54, 1.807) is 34.9 Å². The molecule has 1 amide bonds. The third-order valence-corrected chi connectivity index (χ3v) is 5.42. The maximum Gasteiger partial charge on any atom is 0.335 e. The number of carbonyl (C=O) groups excluding carboxylic acids is 1. The Kier molecular flexibility index (Phi) is 6.27. The van der Waals surface area contributed by atoms with Crippen molar-refractivity contribution in [2.24, 2.45) is 0 Å². The molecular formula is C23H17FN4O3S. The predicted molar refractivity (Wildman–Crippen MR) is 120 cm³/mol. The number of benzene rings is 3. The van der Waals surface area contributed by atoms with Gasteiger partial charge in [0.1, 0.15) is 5.82 Å². The SMILES string of the molecule is O=C(CSc1nnc(-c2ccccc2F)n1-c1ccccc1)Nc1cccc(C(=O)O)c1. The van der Waals surface area contributed by atoms with Crippen molar-refractivity contribution in [3.8, 4) is 17.1 Å². The average Bonchev–Trinajstić information content (AvgIpc) is 3.22. The third kappa shape index (κ3) is 4.68. The molecule has 0 spiro atoms. The number of amides is 1. The van der Waals surface area contributed by atoms with Crippen LogP contribution in [0.3, 0.4) is 0 Å². The molecule has 32 heavy (non-hydrogen) atoms. The molecule has 0 radical (unpaired) electrons. The summed E-state index contributed by atoms with van der Waals surface area (Å²) >= 11 is 1.14. The molecule has 0 unspecified atom stereocenters. The van der Waals surface area contributed by atoms with Crippen LogP contribution in [-0.2, 0) is 4.79 Å². The summed E-state index contributed by atoms with van der Waals surface area (Å²) in [5, 5.41) is 20.5. The average molecular weight is 448 g/mol. The van der Waals surface area contributed by atoms with Crippen molar-refractivity contribution in [2.45, 2.75) is 5.16 Å². The monoisotopic (exact) mass is 448 g/mol. The summed E-state index contributed by atoms with van der Waals surface area (Å²) < 4.78 is 16.1. The van der Waals surface area contributed by atoms with Gasteiger partial charge >= 0.3 is 5.97 Å². The van der Waals surface area contributed by atoms with E-state index in [4.69, 9.17) is 5.11 Å². The molecule has 0 aliphatic rings. The van der Waals surface area contributed by atoms with E-state index in [0.29, 0.717) is 22.2 Å². The highest BCUT2D eigenvalue weighted by atomic mass is 32.2. The second-order valence-electron chi connectivity index (χ2n) is 6.68. The van der Waals surface area contributed by atoms with Crippen LogP contribution in [0.5, 0.6) is 0 Å². The van der Waals surface area contributed by atoms with E-state index in [-0.39, 0.29) is 17.2 Å². The number of nitrogens with zero attached hydrogens (tertiary/aromatic N) is 3. The first kappa shape index (κ1) is 21.3. The molecule has 0 atom stereocenters. The normalized spacial score (nSPS) is 10.7. The Balaban J connectivity index is 1.58. The van der Waals surface area contributed by atoms with Gasteiger partial charge in [0.15, 0.2) is 11.0 Å². The second kappa shape index (κ2) is 9.44. The number of nitrogens with one attached hydrogen (secondary N) is 1. The smallest absolute Gasteiger partial charge is 0.335 e. The Labute approximate surface area is 186 Å². The van der Waals surface area contributed by atoms with Crippen LogP contribution in [0.15, 0.2) is 84.0 Å². The van der Waals surface area contributed by atoms with Gasteiger partial charge in [0, 0.05) is 11.4 Å². The van der Waals surface area contributed by atoms with Crippen LogP contribution in [0, 0.1) is 5.82 Å². The van der Waals surface area contributed by atoms with Crippen molar-refractivity contribution in [2.75, 3.05) is 11.1 Å². The zero-order valence-corrected chi connectivity index (χ0v) is 17.4. The number of halogens is 1. The molecule has 3 aromatic carbocycles. The number of anilines is 1. The highest BCUT2D eigenvalue weighted by Crippen LogP contribution is 2.29. The third-order valence-electron chi connectivity index (χ3n) is 4.49. The Morgan fingerprint density at radius 1 is 0.969 bits per heavy atom. The van der Waals surface area contributed by atoms with E-state index in [1.807, 2.05) is 30.3 Å². The number of carboxylic acids is 1. The lowest BCUT2D eigenvalue weighted by Gasteiger charge is -2.11. The molecule has 0 saturated heterocycles. The number of thioether (sulfide) groups is 1. The van der Waals surface area contributed by atoms with Gasteiger partial charge in [-0.15, -0.1) is 10.2 Å². The minimum absolute atomic E-state index is 0.000459. The molecule has 0 bridgehead atoms. The summed E-state index contributed by atoms with van der Waals surface area (Å²) in [4.78, 5) is 23.6. The number of aromatic carboxylic acids is 1. The number of para-hydroxylation sites is 1. The number of aromatic nitrogens is 3. The van der Waals surface area contributed by atoms with E-state index >= 15 is 0 Å². The highest BCUT2D eigenvalue weighted by molar-refractivity contribution is 7.99. The first-order valence-electron chi connectivity index (χ1n) is 9.54. The van der Waals surface area contributed by atoms with Crippen molar-refractivity contribution in [1.82, 2.24) is 14.8 Å². The number of hydrogen-bond donors (Lipinski definition) is 2. The fourth-order valence-corrected chi connectivity index (χ4v) is 3.80. The predicted octanol–water partition coefficient (Wildman–Crippen LogP) is 4.50. The van der Waals surface area contributed by atoms with Gasteiger partial charge in [-0.3, -0.25) is 9.36 Å². The van der Waals surface area contributed by atoms with Crippen LogP contribution in [0.2, 0.25) is 0 Å². The van der Waals surface area contributed by atoms with Gasteiger partial charge in [-0.1, -0.05) is 48.2 Å². The lowest BCUT2D eigenvalue weighted by Crippen LogP contribution is -2.15. The fraction of sp³-hybridized carbons (Fsp3) is 0.0435. The Morgan fingerprint density at radius 3 is 2.47 bits per heavy atom. The summed E-state index contributed by atoms with van der Waals surface area (Å²) in [6.07, 6.45) is 0. The molecule has 4 rings (SSSR count). The number of rotatable bonds is 7. The van der Waals surface area contributed by atoms with Crippen LogP contribution in [0.1, 0.15) is 10.4 Å². The first-order chi connectivity index (χ1) is 15.5. The second-order valence-corrected chi connectivity index (χ2v) is 7.62. The maximum atomic E-state index is 14.4. The number of hydrogen-bond acceptors (Lipinski definition) is 5. The molecule has 160 valence electrons. The van der Waals surface area contributed by atoms with Crippen LogP contribution < -0.4 is 5.32 Å². The van der Waals surface area contributed by atoms with Gasteiger partial charge in [0.2, 0.25) is 5.91 Å². The summed E-state index contributed by atoms with van der Waals surface area (Å²) in [7, 11) is 0. The molecule has 4 aromatic rings. The van der Waals surface area contributed by atoms with Crippen molar-refractivity contribution in [3.63, 3.8) is 0 Å². The Hall–Kier alpha value is -3.98. The zero-order chi connectivity index (χ0) is 22.5. The molecule has 1 aromatic heterocycles. The van der Waals surface area contributed by atoms with Crippen molar-refractivity contribution < 1.29 is 19.1 Å². The first-order valence-corrected chi connectivity index (χ1v) is 10.5. The topological polar surface area (TPSA) is 97.1 Å². The van der Waals surface area contributed by atoms with Gasteiger partial charge < -0.3 is 10.4 Å². The minimum atomic E-state index is -1.08. The summed E-state index contributed by atoms with van der Waals surface area (Å²) in [5.41, 5.74) is 1.49. The maximum absolute atomic E-state index is 14.4. The lowest BCUT2D eigenvalue weighted by atomic mass is 10.2. The molecule has 0 aliphatic heterocycles. The van der Waals surface area contributed by atoms with Gasteiger partial charge in [-0.2, -0.15) is 0 Å². The van der Waals surface area contributed by atoms with E-state index < -0.39 is 11.8 Å². The standard InChI is InChI=1S/C23H17FN4O3S/c24-19-12-5-4-11-18(19)21-26-27-23(28(21)17-9-2-1-3-10-17)32-14-20(29)25-16-8-6-7-15(13-16)22(30)31/h1-13H,14H2,(H,25,29)(H,30,31).